The van der Waals surface area contributed by atoms with Crippen molar-refractivity contribution in [3.05, 3.63) is 71.1 Å². The number of nitrogens with one attached hydrogen (secondary N) is 4. The molecule has 2 amide bonds. The van der Waals surface area contributed by atoms with Gasteiger partial charge >= 0.3 is 6.09 Å². The molecule has 11 nitrogen and oxygen atoms in total. The second-order valence-corrected chi connectivity index (χ2v) is 9.87. The molecule has 2 aromatic rings. The average molecular weight is 553 g/mol. The van der Waals surface area contributed by atoms with Gasteiger partial charge in [0.1, 0.15) is 34.9 Å². The first kappa shape index (κ1) is 28.8. The molecule has 0 radical (unpaired) electrons. The van der Waals surface area contributed by atoms with Crippen molar-refractivity contribution in [1.29, 1.82) is 0 Å². The summed E-state index contributed by atoms with van der Waals surface area (Å²) in [6.07, 6.45) is 1.25. The van der Waals surface area contributed by atoms with Crippen molar-refractivity contribution in [3.8, 4) is 11.5 Å². The van der Waals surface area contributed by atoms with Crippen LogP contribution in [0.5, 0.6) is 11.5 Å². The summed E-state index contributed by atoms with van der Waals surface area (Å²) in [5.74, 6) is -1.23. The molecular formula is C29H36N4O7. The Balaban J connectivity index is 1.65. The predicted molar refractivity (Wildman–Crippen MR) is 147 cm³/mol. The topological polar surface area (TPSA) is 147 Å². The molecule has 2 aliphatic rings. The quantitative estimate of drug-likeness (QED) is 0.266. The molecular weight excluding hydrogens is 516 g/mol. The van der Waals surface area contributed by atoms with Crippen LogP contribution in [0.3, 0.4) is 0 Å². The highest BCUT2D eigenvalue weighted by atomic mass is 16.5. The fourth-order valence-corrected chi connectivity index (χ4v) is 5.20. The normalized spacial score (nSPS) is 22.2. The van der Waals surface area contributed by atoms with Crippen LogP contribution in [0, 0.1) is 0 Å². The average Bonchev–Trinajstić information content (AvgIpc) is 3.44. The van der Waals surface area contributed by atoms with Crippen molar-refractivity contribution in [1.82, 2.24) is 21.3 Å². The molecule has 1 saturated heterocycles. The summed E-state index contributed by atoms with van der Waals surface area (Å²) in [6.45, 7) is 2.51. The summed E-state index contributed by atoms with van der Waals surface area (Å²) in [4.78, 5) is 40.3. The van der Waals surface area contributed by atoms with E-state index in [0.29, 0.717) is 36.4 Å². The highest BCUT2D eigenvalue weighted by Crippen LogP contribution is 2.41. The smallest absolute Gasteiger partial charge is 0.408 e. The van der Waals surface area contributed by atoms with Gasteiger partial charge in [0.2, 0.25) is 11.7 Å². The third-order valence-electron chi connectivity index (χ3n) is 7.25. The fourth-order valence-electron chi connectivity index (χ4n) is 5.20. The summed E-state index contributed by atoms with van der Waals surface area (Å²) in [5.41, 5.74) is -2.01. The molecule has 40 heavy (non-hydrogen) atoms. The summed E-state index contributed by atoms with van der Waals surface area (Å²) in [7, 11) is 3.00. The number of carbonyl (C=O) groups excluding carboxylic acids is 3. The van der Waals surface area contributed by atoms with Crippen molar-refractivity contribution in [3.63, 3.8) is 0 Å². The number of aliphatic hydroxyl groups is 1. The number of ketones is 1. The van der Waals surface area contributed by atoms with Gasteiger partial charge in [0.05, 0.1) is 19.8 Å². The van der Waals surface area contributed by atoms with Crippen LogP contribution < -0.4 is 30.7 Å². The summed E-state index contributed by atoms with van der Waals surface area (Å²) < 4.78 is 16.5. The van der Waals surface area contributed by atoms with E-state index in [-0.39, 0.29) is 19.6 Å². The van der Waals surface area contributed by atoms with Gasteiger partial charge in [-0.2, -0.15) is 0 Å². The van der Waals surface area contributed by atoms with E-state index in [2.05, 4.69) is 21.3 Å². The summed E-state index contributed by atoms with van der Waals surface area (Å²) in [5, 5.41) is 22.9. The van der Waals surface area contributed by atoms with Crippen LogP contribution >= 0.6 is 0 Å². The third kappa shape index (κ3) is 5.69. The predicted octanol–water partition coefficient (Wildman–Crippen LogP) is 2.76. The van der Waals surface area contributed by atoms with E-state index in [4.69, 9.17) is 14.2 Å². The van der Waals surface area contributed by atoms with Crippen LogP contribution in [-0.4, -0.2) is 55.7 Å². The number of methoxy groups -OCH3 is 2. The molecule has 11 heteroatoms. The van der Waals surface area contributed by atoms with Crippen molar-refractivity contribution in [2.45, 2.75) is 50.4 Å². The van der Waals surface area contributed by atoms with Gasteiger partial charge in [-0.15, -0.1) is 0 Å². The first-order valence-corrected chi connectivity index (χ1v) is 13.3. The van der Waals surface area contributed by atoms with E-state index in [9.17, 15) is 19.5 Å². The van der Waals surface area contributed by atoms with E-state index in [1.54, 1.807) is 18.2 Å². The van der Waals surface area contributed by atoms with Crippen LogP contribution in [0.4, 0.5) is 4.79 Å². The van der Waals surface area contributed by atoms with Gasteiger partial charge in [0.15, 0.2) is 0 Å². The number of aliphatic hydroxyl groups excluding tert-OH is 1. The number of carbonyl (C=O) groups is 3. The van der Waals surface area contributed by atoms with E-state index >= 15 is 0 Å². The lowest BCUT2D eigenvalue weighted by atomic mass is 9.84. The molecule has 4 rings (SSSR count). The van der Waals surface area contributed by atoms with Crippen LogP contribution in [0.15, 0.2) is 60.0 Å². The standard InChI is InChI=1S/C29H36N4O7/c1-4-5-14-29(23-20(38-2)12-9-13-21(23)39-3)31-25(35)22(26(36)32-29)24(34)28(15-16-30-18-28)33-27(37)40-17-19-10-7-6-8-11-19/h6-13,30-31,35H,4-5,14-18H2,1-3H3,(H,32,36)(H,33,37)/t28-,29?/m1/s1. The Morgan fingerprint density at radius 1 is 1.02 bits per heavy atom. The minimum absolute atomic E-state index is 0.0149. The van der Waals surface area contributed by atoms with Crippen LogP contribution in [-0.2, 0) is 26.6 Å². The number of Topliss-reactive ketones (excluding diaryl/α,β-unsaturated/α-hetero) is 1. The minimum Gasteiger partial charge on any atom is -0.496 e. The van der Waals surface area contributed by atoms with Crippen molar-refractivity contribution in [2.24, 2.45) is 0 Å². The van der Waals surface area contributed by atoms with Crippen molar-refractivity contribution in [2.75, 3.05) is 27.3 Å². The lowest BCUT2D eigenvalue weighted by Crippen LogP contribution is -2.64. The molecule has 5 N–H and O–H groups in total. The van der Waals surface area contributed by atoms with Gasteiger partial charge in [-0.05, 0) is 43.5 Å². The maximum atomic E-state index is 13.9. The van der Waals surface area contributed by atoms with Gasteiger partial charge in [0.25, 0.3) is 5.91 Å². The Bertz CT molecular complexity index is 1250. The number of alkyl carbamates (subject to hydrolysis) is 1. The zero-order chi connectivity index (χ0) is 28.8. The Morgan fingerprint density at radius 2 is 1.73 bits per heavy atom. The zero-order valence-electron chi connectivity index (χ0n) is 23.0. The molecule has 2 heterocycles. The molecule has 2 atom stereocenters. The monoisotopic (exact) mass is 552 g/mol. The number of hydrogen-bond acceptors (Lipinski definition) is 9. The van der Waals surface area contributed by atoms with Gasteiger partial charge < -0.3 is 40.6 Å². The van der Waals surface area contributed by atoms with Gasteiger partial charge in [-0.3, -0.25) is 9.59 Å². The first-order valence-electron chi connectivity index (χ1n) is 13.3. The molecule has 0 aromatic heterocycles. The van der Waals surface area contributed by atoms with E-state index < -0.39 is 40.4 Å². The molecule has 214 valence electrons. The molecule has 0 spiro atoms. The van der Waals surface area contributed by atoms with Crippen LogP contribution in [0.25, 0.3) is 0 Å². The third-order valence-corrected chi connectivity index (χ3v) is 7.25. The molecule has 0 saturated carbocycles. The number of unbranched alkanes of at least 4 members (excludes halogenated alkanes) is 1. The SMILES string of the molecule is CCCCC1(c2c(OC)cccc2OC)NC(=O)C(C(=O)[C@@]2(NC(=O)OCc3ccccc3)CCNC2)=C(O)N1. The number of rotatable bonds is 11. The van der Waals surface area contributed by atoms with Gasteiger partial charge in [-0.25, -0.2) is 4.79 Å². The van der Waals surface area contributed by atoms with Crippen molar-refractivity contribution < 1.29 is 33.7 Å². The van der Waals surface area contributed by atoms with Crippen LogP contribution in [0.2, 0.25) is 0 Å². The summed E-state index contributed by atoms with van der Waals surface area (Å²) in [6, 6.07) is 14.3. The second-order valence-electron chi connectivity index (χ2n) is 9.87. The second kappa shape index (κ2) is 12.3. The Kier molecular flexibility index (Phi) is 8.83. The Morgan fingerprint density at radius 3 is 2.30 bits per heavy atom. The van der Waals surface area contributed by atoms with E-state index in [1.807, 2.05) is 37.3 Å². The Labute approximate surface area is 233 Å². The fraction of sp³-hybridized carbons (Fsp3) is 0.414. The largest absolute Gasteiger partial charge is 0.496 e. The zero-order valence-corrected chi connectivity index (χ0v) is 23.0. The molecule has 1 unspecified atom stereocenters. The number of benzene rings is 2. The molecule has 1 fully saturated rings. The number of ether oxygens (including phenoxy) is 3. The molecule has 2 aromatic carbocycles. The van der Waals surface area contributed by atoms with E-state index in [1.165, 1.54) is 14.2 Å². The van der Waals surface area contributed by atoms with Gasteiger partial charge in [-0.1, -0.05) is 49.7 Å². The molecule has 0 bridgehead atoms. The summed E-state index contributed by atoms with van der Waals surface area (Å²) >= 11 is 0. The molecule has 0 aliphatic carbocycles. The lowest BCUT2D eigenvalue weighted by molar-refractivity contribution is -0.128. The Hall–Kier alpha value is -4.25. The highest BCUT2D eigenvalue weighted by Gasteiger charge is 2.51. The molecule has 2 aliphatic heterocycles. The highest BCUT2D eigenvalue weighted by molar-refractivity contribution is 6.24. The number of amides is 2. The first-order chi connectivity index (χ1) is 19.3. The van der Waals surface area contributed by atoms with Crippen LogP contribution in [0.1, 0.15) is 43.7 Å². The number of hydrogen-bond donors (Lipinski definition) is 5. The van der Waals surface area contributed by atoms with Crippen molar-refractivity contribution >= 4 is 17.8 Å². The van der Waals surface area contributed by atoms with Gasteiger partial charge in [0, 0.05) is 6.54 Å². The maximum Gasteiger partial charge on any atom is 0.408 e. The van der Waals surface area contributed by atoms with E-state index in [0.717, 1.165) is 12.0 Å². The minimum atomic E-state index is -1.48. The lowest BCUT2D eigenvalue weighted by Gasteiger charge is -2.42. The maximum absolute atomic E-state index is 13.9.